The van der Waals surface area contributed by atoms with Gasteiger partial charge in [0.05, 0.1) is 0 Å². The molecule has 1 unspecified atom stereocenters. The van der Waals surface area contributed by atoms with E-state index in [1.54, 1.807) is 0 Å². The molecule has 1 N–H and O–H groups in total. The maximum Gasteiger partial charge on any atom is 0.227 e. The second-order valence-electron chi connectivity index (χ2n) is 2.83. The van der Waals surface area contributed by atoms with E-state index >= 15 is 0 Å². The Morgan fingerprint density at radius 3 is 3.36 bits per heavy atom. The van der Waals surface area contributed by atoms with Crippen molar-refractivity contribution >= 4 is 0 Å². The molecule has 0 amide bonds. The smallest absolute Gasteiger partial charge is 0.227 e. The second-order valence-corrected chi connectivity index (χ2v) is 2.83. The van der Waals surface area contributed by atoms with Crippen LogP contribution < -0.4 is 5.32 Å². The number of nitrogens with one attached hydrogen (secondary N) is 1. The summed E-state index contributed by atoms with van der Waals surface area (Å²) < 4.78 is 4.89. The summed E-state index contributed by atoms with van der Waals surface area (Å²) in [6.07, 6.45) is 4.81. The zero-order valence-electron chi connectivity index (χ0n) is 6.29. The molecule has 1 aliphatic rings. The molecule has 0 radical (unpaired) electrons. The lowest BCUT2D eigenvalue weighted by atomic mass is 10.2. The van der Waals surface area contributed by atoms with Crippen LogP contribution in [-0.2, 0) is 6.42 Å². The Morgan fingerprint density at radius 1 is 1.73 bits per heavy atom. The van der Waals surface area contributed by atoms with E-state index in [1.165, 1.54) is 19.2 Å². The predicted octanol–water partition coefficient (Wildman–Crippen LogP) is 0.364. The fourth-order valence-corrected chi connectivity index (χ4v) is 1.43. The number of hydrogen-bond donors (Lipinski definition) is 1. The highest BCUT2D eigenvalue weighted by Crippen LogP contribution is 2.09. The number of hydrogen-bond acceptors (Lipinski definition) is 4. The molecule has 1 saturated heterocycles. The monoisotopic (exact) mass is 153 g/mol. The van der Waals surface area contributed by atoms with E-state index in [-0.39, 0.29) is 0 Å². The summed E-state index contributed by atoms with van der Waals surface area (Å²) in [5, 5.41) is 6.92. The van der Waals surface area contributed by atoms with E-state index in [0.717, 1.165) is 18.9 Å². The highest BCUT2D eigenvalue weighted by Gasteiger charge is 2.16. The molecular formula is C7H11N3O. The van der Waals surface area contributed by atoms with Crippen LogP contribution in [0.15, 0.2) is 10.9 Å². The van der Waals surface area contributed by atoms with Crippen molar-refractivity contribution in [2.24, 2.45) is 0 Å². The number of nitrogens with zero attached hydrogens (tertiary/aromatic N) is 2. The predicted molar refractivity (Wildman–Crippen MR) is 39.0 cm³/mol. The zero-order chi connectivity index (χ0) is 7.52. The minimum absolute atomic E-state index is 0.551. The second kappa shape index (κ2) is 3.00. The molecule has 1 atom stereocenters. The molecule has 0 aromatic carbocycles. The SMILES string of the molecule is c1noc(CC2CCCN2)n1. The summed E-state index contributed by atoms with van der Waals surface area (Å²) >= 11 is 0. The van der Waals surface area contributed by atoms with Gasteiger partial charge in [-0.1, -0.05) is 5.16 Å². The molecule has 1 aromatic heterocycles. The summed E-state index contributed by atoms with van der Waals surface area (Å²) in [4.78, 5) is 3.96. The van der Waals surface area contributed by atoms with Crippen molar-refractivity contribution in [1.29, 1.82) is 0 Å². The number of rotatable bonds is 2. The molecule has 4 nitrogen and oxygen atoms in total. The van der Waals surface area contributed by atoms with Crippen molar-refractivity contribution in [2.45, 2.75) is 25.3 Å². The Hall–Kier alpha value is -0.900. The molecular weight excluding hydrogens is 142 g/mol. The van der Waals surface area contributed by atoms with Crippen LogP contribution in [0.5, 0.6) is 0 Å². The molecule has 1 fully saturated rings. The summed E-state index contributed by atoms with van der Waals surface area (Å²) in [6.45, 7) is 1.12. The first-order valence-corrected chi connectivity index (χ1v) is 3.94. The van der Waals surface area contributed by atoms with Gasteiger partial charge in [0.15, 0.2) is 6.33 Å². The van der Waals surface area contributed by atoms with Gasteiger partial charge in [-0.2, -0.15) is 4.98 Å². The van der Waals surface area contributed by atoms with Crippen LogP contribution in [0.1, 0.15) is 18.7 Å². The van der Waals surface area contributed by atoms with Crippen LogP contribution in [0, 0.1) is 0 Å². The lowest BCUT2D eigenvalue weighted by Crippen LogP contribution is -2.23. The lowest BCUT2D eigenvalue weighted by Gasteiger charge is -2.04. The van der Waals surface area contributed by atoms with Crippen molar-refractivity contribution in [3.05, 3.63) is 12.2 Å². The van der Waals surface area contributed by atoms with Crippen LogP contribution in [0.2, 0.25) is 0 Å². The van der Waals surface area contributed by atoms with Gasteiger partial charge >= 0.3 is 0 Å². The molecule has 4 heteroatoms. The molecule has 2 rings (SSSR count). The van der Waals surface area contributed by atoms with Crippen molar-refractivity contribution in [2.75, 3.05) is 6.54 Å². The molecule has 2 heterocycles. The van der Waals surface area contributed by atoms with Crippen molar-refractivity contribution in [3.8, 4) is 0 Å². The van der Waals surface area contributed by atoms with Crippen molar-refractivity contribution < 1.29 is 4.52 Å². The summed E-state index contributed by atoms with van der Waals surface area (Å²) in [6, 6.07) is 0.551. The van der Waals surface area contributed by atoms with Crippen LogP contribution >= 0.6 is 0 Å². The fourth-order valence-electron chi connectivity index (χ4n) is 1.43. The quantitative estimate of drug-likeness (QED) is 0.666. The highest BCUT2D eigenvalue weighted by atomic mass is 16.5. The molecule has 11 heavy (non-hydrogen) atoms. The van der Waals surface area contributed by atoms with E-state index in [1.807, 2.05) is 0 Å². The van der Waals surface area contributed by atoms with Gasteiger partial charge < -0.3 is 9.84 Å². The Morgan fingerprint density at radius 2 is 2.73 bits per heavy atom. The van der Waals surface area contributed by atoms with Gasteiger partial charge in [-0.3, -0.25) is 0 Å². The van der Waals surface area contributed by atoms with Gasteiger partial charge in [-0.15, -0.1) is 0 Å². The Bertz CT molecular complexity index is 203. The molecule has 0 aliphatic carbocycles. The van der Waals surface area contributed by atoms with Crippen molar-refractivity contribution in [3.63, 3.8) is 0 Å². The van der Waals surface area contributed by atoms with E-state index in [9.17, 15) is 0 Å². The molecule has 1 aromatic rings. The Balaban J connectivity index is 1.90. The third kappa shape index (κ3) is 1.57. The van der Waals surface area contributed by atoms with Gasteiger partial charge in [0.25, 0.3) is 0 Å². The minimum Gasteiger partial charge on any atom is -0.340 e. The van der Waals surface area contributed by atoms with Crippen molar-refractivity contribution in [1.82, 2.24) is 15.5 Å². The van der Waals surface area contributed by atoms with Crippen LogP contribution in [0.3, 0.4) is 0 Å². The van der Waals surface area contributed by atoms with Gasteiger partial charge in [0, 0.05) is 12.5 Å². The first kappa shape index (κ1) is 6.79. The van der Waals surface area contributed by atoms with Crippen LogP contribution in [0.25, 0.3) is 0 Å². The van der Waals surface area contributed by atoms with E-state index in [0.29, 0.717) is 6.04 Å². The maximum atomic E-state index is 4.89. The third-order valence-electron chi connectivity index (χ3n) is 1.99. The van der Waals surface area contributed by atoms with E-state index < -0.39 is 0 Å². The van der Waals surface area contributed by atoms with Crippen LogP contribution in [0.4, 0.5) is 0 Å². The standard InChI is InChI=1S/C7H11N3O/c1-2-6(8-3-1)4-7-9-5-10-11-7/h5-6,8H,1-4H2. The first-order chi connectivity index (χ1) is 5.45. The minimum atomic E-state index is 0.551. The van der Waals surface area contributed by atoms with Gasteiger partial charge in [-0.05, 0) is 19.4 Å². The summed E-state index contributed by atoms with van der Waals surface area (Å²) in [7, 11) is 0. The average Bonchev–Trinajstić information content (AvgIpc) is 2.60. The number of aromatic nitrogens is 2. The Kier molecular flexibility index (Phi) is 1.85. The van der Waals surface area contributed by atoms with Gasteiger partial charge in [0.2, 0.25) is 5.89 Å². The highest BCUT2D eigenvalue weighted by molar-refractivity contribution is 4.85. The fraction of sp³-hybridized carbons (Fsp3) is 0.714. The van der Waals surface area contributed by atoms with Crippen LogP contribution in [-0.4, -0.2) is 22.7 Å². The summed E-state index contributed by atoms with van der Waals surface area (Å²) in [5.41, 5.74) is 0. The largest absolute Gasteiger partial charge is 0.340 e. The topological polar surface area (TPSA) is 51.0 Å². The normalized spacial score (nSPS) is 24.2. The third-order valence-corrected chi connectivity index (χ3v) is 1.99. The Labute approximate surface area is 65.0 Å². The van der Waals surface area contributed by atoms with Gasteiger partial charge in [0.1, 0.15) is 0 Å². The molecule has 60 valence electrons. The average molecular weight is 153 g/mol. The molecule has 0 saturated carbocycles. The lowest BCUT2D eigenvalue weighted by molar-refractivity contribution is 0.363. The molecule has 0 spiro atoms. The van der Waals surface area contributed by atoms with Gasteiger partial charge in [-0.25, -0.2) is 0 Å². The first-order valence-electron chi connectivity index (χ1n) is 3.94. The maximum absolute atomic E-state index is 4.89. The summed E-state index contributed by atoms with van der Waals surface area (Å²) in [5.74, 6) is 0.740. The van der Waals surface area contributed by atoms with E-state index in [2.05, 4.69) is 15.5 Å². The molecule has 0 bridgehead atoms. The zero-order valence-corrected chi connectivity index (χ0v) is 6.29. The molecule has 1 aliphatic heterocycles. The van der Waals surface area contributed by atoms with E-state index in [4.69, 9.17) is 4.52 Å².